The van der Waals surface area contributed by atoms with E-state index in [1.807, 2.05) is 41.1 Å². The van der Waals surface area contributed by atoms with E-state index in [4.69, 9.17) is 4.74 Å². The first kappa shape index (κ1) is 14.0. The van der Waals surface area contributed by atoms with Gasteiger partial charge in [0, 0.05) is 5.56 Å². The maximum absolute atomic E-state index is 11.5. The zero-order chi connectivity index (χ0) is 13.5. The smallest absolute Gasteiger partial charge is 0.277 e. The average Bonchev–Trinajstić information content (AvgIpc) is 2.91. The molecule has 4 nitrogen and oxygen atoms in total. The summed E-state index contributed by atoms with van der Waals surface area (Å²) in [4.78, 5) is 11.5. The predicted octanol–water partition coefficient (Wildman–Crippen LogP) is 2.88. The highest BCUT2D eigenvalue weighted by atomic mass is 127. The van der Waals surface area contributed by atoms with E-state index in [1.54, 1.807) is 17.6 Å². The molecule has 0 saturated heterocycles. The third-order valence-electron chi connectivity index (χ3n) is 2.14. The Bertz CT molecular complexity index is 570. The molecule has 0 aliphatic rings. The SMILES string of the molecule is O=C(COc1ccccc1I)N/N=C/c1ccsc1. The van der Waals surface area contributed by atoms with Crippen LogP contribution in [0, 0.1) is 3.57 Å². The van der Waals surface area contributed by atoms with Crippen LogP contribution in [0.2, 0.25) is 0 Å². The number of ether oxygens (including phenoxy) is 1. The lowest BCUT2D eigenvalue weighted by Gasteiger charge is -2.06. The number of rotatable bonds is 5. The lowest BCUT2D eigenvalue weighted by molar-refractivity contribution is -0.123. The second kappa shape index (κ2) is 7.25. The lowest BCUT2D eigenvalue weighted by atomic mass is 10.3. The van der Waals surface area contributed by atoms with Crippen molar-refractivity contribution in [2.45, 2.75) is 0 Å². The minimum absolute atomic E-state index is 0.0546. The molecule has 1 aromatic heterocycles. The van der Waals surface area contributed by atoms with Crippen LogP contribution in [0.25, 0.3) is 0 Å². The first-order chi connectivity index (χ1) is 9.25. The minimum Gasteiger partial charge on any atom is -0.483 e. The van der Waals surface area contributed by atoms with Crippen molar-refractivity contribution < 1.29 is 9.53 Å². The van der Waals surface area contributed by atoms with Crippen LogP contribution in [0.4, 0.5) is 0 Å². The Hall–Kier alpha value is -1.41. The van der Waals surface area contributed by atoms with E-state index in [1.165, 1.54) is 0 Å². The van der Waals surface area contributed by atoms with Crippen LogP contribution < -0.4 is 10.2 Å². The number of hydrogen-bond donors (Lipinski definition) is 1. The fourth-order valence-electron chi connectivity index (χ4n) is 1.26. The van der Waals surface area contributed by atoms with Gasteiger partial charge in [0.05, 0.1) is 9.78 Å². The van der Waals surface area contributed by atoms with Crippen molar-refractivity contribution in [3.05, 3.63) is 50.2 Å². The van der Waals surface area contributed by atoms with E-state index in [-0.39, 0.29) is 12.5 Å². The van der Waals surface area contributed by atoms with Crippen LogP contribution in [0.15, 0.2) is 46.2 Å². The Balaban J connectivity index is 1.78. The molecule has 98 valence electrons. The second-order valence-corrected chi connectivity index (χ2v) is 5.51. The molecule has 6 heteroatoms. The third kappa shape index (κ3) is 4.64. The molecule has 2 rings (SSSR count). The van der Waals surface area contributed by atoms with Crippen molar-refractivity contribution in [3.8, 4) is 5.75 Å². The number of thiophene rings is 1. The molecule has 19 heavy (non-hydrogen) atoms. The lowest BCUT2D eigenvalue weighted by Crippen LogP contribution is -2.24. The second-order valence-electron chi connectivity index (χ2n) is 3.57. The Morgan fingerprint density at radius 1 is 1.42 bits per heavy atom. The first-order valence-corrected chi connectivity index (χ1v) is 7.49. The molecule has 0 saturated carbocycles. The molecule has 0 aliphatic heterocycles. The van der Waals surface area contributed by atoms with E-state index in [2.05, 4.69) is 33.1 Å². The van der Waals surface area contributed by atoms with E-state index in [0.717, 1.165) is 9.13 Å². The van der Waals surface area contributed by atoms with Gasteiger partial charge in [0.25, 0.3) is 5.91 Å². The summed E-state index contributed by atoms with van der Waals surface area (Å²) in [5.41, 5.74) is 3.38. The topological polar surface area (TPSA) is 50.7 Å². The van der Waals surface area contributed by atoms with Crippen molar-refractivity contribution in [1.29, 1.82) is 0 Å². The Kier molecular flexibility index (Phi) is 5.34. The van der Waals surface area contributed by atoms with Gasteiger partial charge in [0.2, 0.25) is 0 Å². The molecule has 0 radical (unpaired) electrons. The first-order valence-electron chi connectivity index (χ1n) is 5.47. The molecular weight excluding hydrogens is 375 g/mol. The molecule has 1 aromatic carbocycles. The van der Waals surface area contributed by atoms with Crippen molar-refractivity contribution in [2.75, 3.05) is 6.61 Å². The molecule has 1 N–H and O–H groups in total. The van der Waals surface area contributed by atoms with Gasteiger partial charge in [-0.05, 0) is 51.6 Å². The predicted molar refractivity (Wildman–Crippen MR) is 84.7 cm³/mol. The number of hydrogen-bond acceptors (Lipinski definition) is 4. The largest absolute Gasteiger partial charge is 0.483 e. The van der Waals surface area contributed by atoms with E-state index in [0.29, 0.717) is 5.75 Å². The summed E-state index contributed by atoms with van der Waals surface area (Å²) in [6.45, 7) is -0.0546. The average molecular weight is 386 g/mol. The molecule has 1 amide bonds. The summed E-state index contributed by atoms with van der Waals surface area (Å²) in [6, 6.07) is 9.44. The van der Waals surface area contributed by atoms with Gasteiger partial charge in [0.1, 0.15) is 5.75 Å². The number of hydrazone groups is 1. The summed E-state index contributed by atoms with van der Waals surface area (Å²) in [5, 5.41) is 7.74. The zero-order valence-corrected chi connectivity index (χ0v) is 12.8. The summed E-state index contributed by atoms with van der Waals surface area (Å²) >= 11 is 3.74. The van der Waals surface area contributed by atoms with Gasteiger partial charge in [-0.25, -0.2) is 5.43 Å². The number of para-hydroxylation sites is 1. The number of carbonyl (C=O) groups is 1. The fourth-order valence-corrected chi connectivity index (χ4v) is 2.42. The van der Waals surface area contributed by atoms with Crippen molar-refractivity contribution in [1.82, 2.24) is 5.43 Å². The molecule has 0 unspecified atom stereocenters. The van der Waals surface area contributed by atoms with Crippen molar-refractivity contribution >= 4 is 46.0 Å². The third-order valence-corrected chi connectivity index (χ3v) is 3.73. The van der Waals surface area contributed by atoms with Gasteiger partial charge >= 0.3 is 0 Å². The maximum atomic E-state index is 11.5. The fraction of sp³-hybridized carbons (Fsp3) is 0.0769. The van der Waals surface area contributed by atoms with E-state index in [9.17, 15) is 4.79 Å². The molecule has 2 aromatic rings. The van der Waals surface area contributed by atoms with Gasteiger partial charge in [-0.3, -0.25) is 4.79 Å². The molecule has 0 atom stereocenters. The van der Waals surface area contributed by atoms with Crippen LogP contribution in [-0.2, 0) is 4.79 Å². The number of carbonyl (C=O) groups excluding carboxylic acids is 1. The highest BCUT2D eigenvalue weighted by molar-refractivity contribution is 14.1. The molecule has 0 fully saturated rings. The standard InChI is InChI=1S/C13H11IN2O2S/c14-11-3-1-2-4-12(11)18-8-13(17)16-15-7-10-5-6-19-9-10/h1-7,9H,8H2,(H,16,17)/b15-7+. The monoisotopic (exact) mass is 386 g/mol. The molecule has 0 bridgehead atoms. The maximum Gasteiger partial charge on any atom is 0.277 e. The zero-order valence-electron chi connectivity index (χ0n) is 9.88. The van der Waals surface area contributed by atoms with Gasteiger partial charge in [0.15, 0.2) is 6.61 Å². The number of nitrogens with one attached hydrogen (secondary N) is 1. The van der Waals surface area contributed by atoms with Crippen LogP contribution in [0.5, 0.6) is 5.75 Å². The summed E-state index contributed by atoms with van der Waals surface area (Å²) < 4.78 is 6.36. The van der Waals surface area contributed by atoms with Gasteiger partial charge in [-0.1, -0.05) is 12.1 Å². The Morgan fingerprint density at radius 2 is 2.26 bits per heavy atom. The quantitative estimate of drug-likeness (QED) is 0.488. The van der Waals surface area contributed by atoms with Crippen molar-refractivity contribution in [2.24, 2.45) is 5.10 Å². The van der Waals surface area contributed by atoms with E-state index >= 15 is 0 Å². The van der Waals surface area contributed by atoms with Crippen molar-refractivity contribution in [3.63, 3.8) is 0 Å². The Morgan fingerprint density at radius 3 is 3.00 bits per heavy atom. The molecular formula is C13H11IN2O2S. The van der Waals surface area contributed by atoms with Crippen LogP contribution in [0.3, 0.4) is 0 Å². The van der Waals surface area contributed by atoms with Gasteiger partial charge < -0.3 is 4.74 Å². The van der Waals surface area contributed by atoms with Crippen LogP contribution in [0.1, 0.15) is 5.56 Å². The number of amides is 1. The highest BCUT2D eigenvalue weighted by Crippen LogP contribution is 2.19. The summed E-state index contributed by atoms with van der Waals surface area (Å²) in [6.07, 6.45) is 1.60. The highest BCUT2D eigenvalue weighted by Gasteiger charge is 2.03. The summed E-state index contributed by atoms with van der Waals surface area (Å²) in [7, 11) is 0. The number of halogens is 1. The van der Waals surface area contributed by atoms with Gasteiger partial charge in [-0.15, -0.1) is 0 Å². The van der Waals surface area contributed by atoms with Gasteiger partial charge in [-0.2, -0.15) is 16.4 Å². The molecule has 0 aliphatic carbocycles. The Labute approximate surface area is 128 Å². The number of nitrogens with zero attached hydrogens (tertiary/aromatic N) is 1. The normalized spacial score (nSPS) is 10.6. The molecule has 0 spiro atoms. The number of benzene rings is 1. The van der Waals surface area contributed by atoms with E-state index < -0.39 is 0 Å². The molecule has 1 heterocycles. The van der Waals surface area contributed by atoms with Crippen LogP contribution in [-0.4, -0.2) is 18.7 Å². The summed E-state index contributed by atoms with van der Waals surface area (Å²) in [5.74, 6) is 0.409. The minimum atomic E-state index is -0.286. The van der Waals surface area contributed by atoms with Crippen LogP contribution >= 0.6 is 33.9 Å².